The molecule has 1 saturated heterocycles. The minimum absolute atomic E-state index is 0.0377. The number of rotatable bonds is 4. The van der Waals surface area contributed by atoms with E-state index in [1.54, 1.807) is 13.8 Å². The Morgan fingerprint density at radius 1 is 1.30 bits per heavy atom. The molecule has 0 bridgehead atoms. The van der Waals surface area contributed by atoms with E-state index in [0.29, 0.717) is 18.4 Å². The third-order valence-electron chi connectivity index (χ3n) is 5.78. The number of carbonyl (C=O) groups is 1. The topological polar surface area (TPSA) is 131 Å². The molecule has 12 heteroatoms. The van der Waals surface area contributed by atoms with Gasteiger partial charge in [-0.2, -0.15) is 0 Å². The van der Waals surface area contributed by atoms with Crippen molar-refractivity contribution in [3.05, 3.63) is 51.5 Å². The Morgan fingerprint density at radius 2 is 2.06 bits per heavy atom. The molecule has 0 unspecified atom stereocenters. The number of halogens is 1. The predicted molar refractivity (Wildman–Crippen MR) is 117 cm³/mol. The van der Waals surface area contributed by atoms with Gasteiger partial charge in [0, 0.05) is 13.1 Å². The molecule has 1 aromatic heterocycles. The summed E-state index contributed by atoms with van der Waals surface area (Å²) in [5.41, 5.74) is -1.63. The molecule has 10 nitrogen and oxygen atoms in total. The second-order valence-electron chi connectivity index (χ2n) is 8.50. The maximum atomic E-state index is 13.9. The van der Waals surface area contributed by atoms with Crippen LogP contribution < -0.4 is 15.2 Å². The van der Waals surface area contributed by atoms with E-state index in [2.05, 4.69) is 10.3 Å². The van der Waals surface area contributed by atoms with E-state index in [1.165, 1.54) is 16.7 Å². The fourth-order valence-corrected chi connectivity index (χ4v) is 5.73. The number of hydrogen-bond acceptors (Lipinski definition) is 7. The summed E-state index contributed by atoms with van der Waals surface area (Å²) in [5, 5.41) is 12.9. The minimum Gasteiger partial charge on any atom is -0.501 e. The van der Waals surface area contributed by atoms with Gasteiger partial charge in [0.2, 0.25) is 15.8 Å². The van der Waals surface area contributed by atoms with Gasteiger partial charge in [0.05, 0.1) is 24.6 Å². The molecule has 1 amide bonds. The van der Waals surface area contributed by atoms with Gasteiger partial charge in [-0.25, -0.2) is 17.8 Å². The van der Waals surface area contributed by atoms with Gasteiger partial charge in [0.15, 0.2) is 5.69 Å². The van der Waals surface area contributed by atoms with E-state index < -0.39 is 44.4 Å². The molecule has 33 heavy (non-hydrogen) atoms. The van der Waals surface area contributed by atoms with Crippen molar-refractivity contribution in [2.24, 2.45) is 0 Å². The molecule has 0 aliphatic carbocycles. The first kappa shape index (κ1) is 23.2. The summed E-state index contributed by atoms with van der Waals surface area (Å²) in [5.74, 6) is -2.05. The highest BCUT2D eigenvalue weighted by molar-refractivity contribution is 7.92. The van der Waals surface area contributed by atoms with Gasteiger partial charge in [-0.1, -0.05) is 6.07 Å². The number of sulfonamides is 1. The van der Waals surface area contributed by atoms with Crippen molar-refractivity contribution in [1.29, 1.82) is 0 Å². The van der Waals surface area contributed by atoms with Gasteiger partial charge < -0.3 is 15.2 Å². The Morgan fingerprint density at radius 3 is 2.79 bits per heavy atom. The SMILES string of the molecule is CC1(C)OCCn2c1nc(C(=O)NCc1ccc(F)cc1N1CCCCS1(=O)=O)c(O)c2=O. The Hall–Kier alpha value is -2.99. The molecule has 2 aliphatic rings. The van der Waals surface area contributed by atoms with Crippen molar-refractivity contribution in [3.63, 3.8) is 0 Å². The average Bonchev–Trinajstić information content (AvgIpc) is 2.75. The van der Waals surface area contributed by atoms with Crippen LogP contribution in [0.5, 0.6) is 5.75 Å². The number of aromatic nitrogens is 2. The van der Waals surface area contributed by atoms with Crippen LogP contribution in [-0.4, -0.2) is 47.9 Å². The highest BCUT2D eigenvalue weighted by Gasteiger charge is 2.34. The Bertz CT molecular complexity index is 1270. The van der Waals surface area contributed by atoms with Crippen LogP contribution in [-0.2, 0) is 33.5 Å². The third-order valence-corrected chi connectivity index (χ3v) is 7.64. The van der Waals surface area contributed by atoms with Crippen molar-refractivity contribution in [2.75, 3.05) is 23.2 Å². The Kier molecular flexibility index (Phi) is 5.91. The lowest BCUT2D eigenvalue weighted by atomic mass is 10.1. The van der Waals surface area contributed by atoms with Crippen LogP contribution in [0.2, 0.25) is 0 Å². The number of ether oxygens (including phenoxy) is 1. The third kappa shape index (κ3) is 4.32. The number of aromatic hydroxyl groups is 1. The quantitative estimate of drug-likeness (QED) is 0.673. The molecule has 2 aliphatic heterocycles. The van der Waals surface area contributed by atoms with Crippen LogP contribution in [0.15, 0.2) is 23.0 Å². The maximum absolute atomic E-state index is 13.9. The van der Waals surface area contributed by atoms with Gasteiger partial charge in [-0.05, 0) is 44.4 Å². The molecule has 0 atom stereocenters. The number of hydrogen-bond donors (Lipinski definition) is 2. The standard InChI is InChI=1S/C21H25FN4O6S/c1-21(2)20-24-16(17(27)19(29)25(20)8-9-32-21)18(28)23-12-13-5-6-14(22)11-15(13)26-7-3-4-10-33(26,30)31/h5-6,11,27H,3-4,7-10,12H2,1-2H3,(H,23,28). The van der Waals surface area contributed by atoms with Crippen molar-refractivity contribution in [2.45, 2.75) is 45.4 Å². The van der Waals surface area contributed by atoms with E-state index in [9.17, 15) is 27.5 Å². The minimum atomic E-state index is -3.60. The second kappa shape index (κ2) is 8.41. The largest absolute Gasteiger partial charge is 0.501 e. The predicted octanol–water partition coefficient (Wildman–Crippen LogP) is 1.21. The Balaban J connectivity index is 1.63. The molecule has 0 saturated carbocycles. The number of fused-ring (bicyclic) bond motifs is 1. The molecular weight excluding hydrogens is 455 g/mol. The van der Waals surface area contributed by atoms with Crippen LogP contribution in [0.1, 0.15) is 48.6 Å². The molecule has 1 aromatic carbocycles. The molecule has 0 spiro atoms. The summed E-state index contributed by atoms with van der Waals surface area (Å²) in [7, 11) is -3.60. The lowest BCUT2D eigenvalue weighted by molar-refractivity contribution is -0.0566. The molecular formula is C21H25FN4O6S. The summed E-state index contributed by atoms with van der Waals surface area (Å²) in [6, 6.07) is 3.68. The zero-order chi connectivity index (χ0) is 24.0. The number of nitrogens with zero attached hydrogens (tertiary/aromatic N) is 3. The fraction of sp³-hybridized carbons (Fsp3) is 0.476. The van der Waals surface area contributed by atoms with E-state index in [1.807, 2.05) is 0 Å². The number of anilines is 1. The smallest absolute Gasteiger partial charge is 0.296 e. The second-order valence-corrected chi connectivity index (χ2v) is 10.5. The van der Waals surface area contributed by atoms with Crippen LogP contribution in [0.4, 0.5) is 10.1 Å². The van der Waals surface area contributed by atoms with Gasteiger partial charge >= 0.3 is 0 Å². The summed E-state index contributed by atoms with van der Waals surface area (Å²) in [4.78, 5) is 29.6. The van der Waals surface area contributed by atoms with Gasteiger partial charge in [0.25, 0.3) is 11.5 Å². The number of carbonyl (C=O) groups excluding carboxylic acids is 1. The van der Waals surface area contributed by atoms with Crippen LogP contribution in [0.3, 0.4) is 0 Å². The first-order chi connectivity index (χ1) is 15.5. The highest BCUT2D eigenvalue weighted by Crippen LogP contribution is 2.29. The zero-order valence-electron chi connectivity index (χ0n) is 18.3. The lowest BCUT2D eigenvalue weighted by Crippen LogP contribution is -2.42. The molecule has 2 aromatic rings. The van der Waals surface area contributed by atoms with E-state index >= 15 is 0 Å². The van der Waals surface area contributed by atoms with Gasteiger partial charge in [0.1, 0.15) is 17.2 Å². The maximum Gasteiger partial charge on any atom is 0.296 e. The van der Waals surface area contributed by atoms with Crippen molar-refractivity contribution in [3.8, 4) is 5.75 Å². The molecule has 178 valence electrons. The first-order valence-electron chi connectivity index (χ1n) is 10.6. The average molecular weight is 481 g/mol. The molecule has 1 fully saturated rings. The fourth-order valence-electron chi connectivity index (χ4n) is 4.06. The van der Waals surface area contributed by atoms with E-state index in [0.717, 1.165) is 10.4 Å². The van der Waals surface area contributed by atoms with Gasteiger partial charge in [-0.15, -0.1) is 0 Å². The van der Waals surface area contributed by atoms with Crippen molar-refractivity contribution >= 4 is 21.6 Å². The molecule has 4 rings (SSSR count). The number of amides is 1. The number of nitrogens with one attached hydrogen (secondary N) is 1. The summed E-state index contributed by atoms with van der Waals surface area (Å²) < 4.78 is 47.0. The molecule has 3 heterocycles. The highest BCUT2D eigenvalue weighted by atomic mass is 32.2. The molecule has 0 radical (unpaired) electrons. The van der Waals surface area contributed by atoms with Crippen LogP contribution in [0, 0.1) is 5.82 Å². The van der Waals surface area contributed by atoms with Crippen LogP contribution >= 0.6 is 0 Å². The first-order valence-corrected chi connectivity index (χ1v) is 12.2. The van der Waals surface area contributed by atoms with E-state index in [4.69, 9.17) is 4.74 Å². The van der Waals surface area contributed by atoms with Gasteiger partial charge in [-0.3, -0.25) is 18.5 Å². The monoisotopic (exact) mass is 480 g/mol. The normalized spacial score (nSPS) is 19.1. The lowest BCUT2D eigenvalue weighted by Gasteiger charge is -2.32. The van der Waals surface area contributed by atoms with Crippen LogP contribution in [0.25, 0.3) is 0 Å². The van der Waals surface area contributed by atoms with Crippen molar-refractivity contribution < 1.29 is 27.4 Å². The van der Waals surface area contributed by atoms with Crippen molar-refractivity contribution in [1.82, 2.24) is 14.9 Å². The number of benzene rings is 1. The summed E-state index contributed by atoms with van der Waals surface area (Å²) in [6.45, 7) is 3.91. The summed E-state index contributed by atoms with van der Waals surface area (Å²) >= 11 is 0. The van der Waals surface area contributed by atoms with E-state index in [-0.39, 0.29) is 43.5 Å². The zero-order valence-corrected chi connectivity index (χ0v) is 19.1. The molecule has 2 N–H and O–H groups in total. The summed E-state index contributed by atoms with van der Waals surface area (Å²) in [6.07, 6.45) is 1.16. The Labute approximate surface area is 190 Å².